The molecule has 1 spiro atoms. The molecule has 2 rings (SSSR count). The maximum Gasteiger partial charge on any atom is 0.0741 e. The highest BCUT2D eigenvalue weighted by Gasteiger charge is 2.37. The van der Waals surface area contributed by atoms with Gasteiger partial charge in [0, 0.05) is 25.9 Å². The van der Waals surface area contributed by atoms with Crippen LogP contribution >= 0.6 is 0 Å². The Morgan fingerprint density at radius 3 is 2.58 bits per heavy atom. The molecule has 2 aliphatic rings. The summed E-state index contributed by atoms with van der Waals surface area (Å²) in [6.45, 7) is 2.51. The maximum atomic E-state index is 5.92. The number of hydrogen-bond acceptors (Lipinski definition) is 3. The first-order valence-electron chi connectivity index (χ1n) is 4.78. The highest BCUT2D eigenvalue weighted by molar-refractivity contribution is 4.90. The second kappa shape index (κ2) is 3.32. The van der Waals surface area contributed by atoms with Gasteiger partial charge in [0.25, 0.3) is 0 Å². The third kappa shape index (κ3) is 1.63. The molecule has 0 saturated carbocycles. The van der Waals surface area contributed by atoms with Crippen molar-refractivity contribution in [3.63, 3.8) is 0 Å². The van der Waals surface area contributed by atoms with Crippen molar-refractivity contribution in [2.45, 2.75) is 37.3 Å². The van der Waals surface area contributed by atoms with E-state index < -0.39 is 0 Å². The van der Waals surface area contributed by atoms with Crippen LogP contribution in [0.25, 0.3) is 0 Å². The van der Waals surface area contributed by atoms with Gasteiger partial charge in [0.05, 0.1) is 5.60 Å². The van der Waals surface area contributed by atoms with Crippen LogP contribution < -0.4 is 5.73 Å². The SMILES string of the molecule is NC1CCOC2(CCOCC2)C1. The molecule has 1 unspecified atom stereocenters. The van der Waals surface area contributed by atoms with Crippen molar-refractivity contribution < 1.29 is 9.47 Å². The molecule has 0 aromatic heterocycles. The lowest BCUT2D eigenvalue weighted by Gasteiger charge is -2.42. The molecule has 2 saturated heterocycles. The first kappa shape index (κ1) is 8.48. The van der Waals surface area contributed by atoms with Crippen molar-refractivity contribution in [3.8, 4) is 0 Å². The Labute approximate surface area is 73.2 Å². The van der Waals surface area contributed by atoms with Crippen molar-refractivity contribution >= 4 is 0 Å². The molecule has 0 aromatic rings. The highest BCUT2D eigenvalue weighted by atomic mass is 16.5. The summed E-state index contributed by atoms with van der Waals surface area (Å²) in [5, 5.41) is 0. The van der Waals surface area contributed by atoms with E-state index in [-0.39, 0.29) is 5.60 Å². The van der Waals surface area contributed by atoms with E-state index >= 15 is 0 Å². The lowest BCUT2D eigenvalue weighted by Crippen LogP contribution is -2.48. The minimum absolute atomic E-state index is 0.0793. The lowest BCUT2D eigenvalue weighted by atomic mass is 9.84. The summed E-state index contributed by atoms with van der Waals surface area (Å²) in [6.07, 6.45) is 4.10. The smallest absolute Gasteiger partial charge is 0.0741 e. The largest absolute Gasteiger partial charge is 0.381 e. The molecular formula is C9H17NO2. The number of hydrogen-bond donors (Lipinski definition) is 1. The molecule has 12 heavy (non-hydrogen) atoms. The van der Waals surface area contributed by atoms with Crippen molar-refractivity contribution in [2.75, 3.05) is 19.8 Å². The van der Waals surface area contributed by atoms with Crippen molar-refractivity contribution in [3.05, 3.63) is 0 Å². The Hall–Kier alpha value is -0.120. The molecule has 0 bridgehead atoms. The van der Waals surface area contributed by atoms with Crippen LogP contribution in [0.4, 0.5) is 0 Å². The van der Waals surface area contributed by atoms with E-state index in [0.717, 1.165) is 45.5 Å². The molecule has 2 aliphatic heterocycles. The van der Waals surface area contributed by atoms with Crippen LogP contribution in [-0.2, 0) is 9.47 Å². The molecule has 1 atom stereocenters. The van der Waals surface area contributed by atoms with Gasteiger partial charge < -0.3 is 15.2 Å². The minimum Gasteiger partial charge on any atom is -0.381 e. The summed E-state index contributed by atoms with van der Waals surface area (Å²) in [6, 6.07) is 0.344. The lowest BCUT2D eigenvalue weighted by molar-refractivity contribution is -0.137. The molecule has 2 heterocycles. The van der Waals surface area contributed by atoms with E-state index in [1.54, 1.807) is 0 Å². The topological polar surface area (TPSA) is 44.5 Å². The number of rotatable bonds is 0. The summed E-state index contributed by atoms with van der Waals surface area (Å²) in [5.74, 6) is 0. The monoisotopic (exact) mass is 171 g/mol. The van der Waals surface area contributed by atoms with Crippen LogP contribution in [0.15, 0.2) is 0 Å². The van der Waals surface area contributed by atoms with Gasteiger partial charge in [0.2, 0.25) is 0 Å². The molecule has 70 valence electrons. The predicted octanol–water partition coefficient (Wildman–Crippen LogP) is 0.673. The number of ether oxygens (including phenoxy) is 2. The third-order valence-corrected chi connectivity index (χ3v) is 2.94. The van der Waals surface area contributed by atoms with Gasteiger partial charge in [0.1, 0.15) is 0 Å². The molecule has 3 nitrogen and oxygen atoms in total. The minimum atomic E-state index is 0.0793. The average molecular weight is 171 g/mol. The molecule has 2 fully saturated rings. The van der Waals surface area contributed by atoms with Gasteiger partial charge >= 0.3 is 0 Å². The van der Waals surface area contributed by atoms with Gasteiger partial charge in [-0.3, -0.25) is 0 Å². The Morgan fingerprint density at radius 2 is 1.92 bits per heavy atom. The van der Waals surface area contributed by atoms with Crippen LogP contribution in [0.2, 0.25) is 0 Å². The van der Waals surface area contributed by atoms with Gasteiger partial charge in [0.15, 0.2) is 0 Å². The normalized spacial score (nSPS) is 35.2. The van der Waals surface area contributed by atoms with E-state index in [0.29, 0.717) is 6.04 Å². The van der Waals surface area contributed by atoms with Crippen LogP contribution in [-0.4, -0.2) is 31.5 Å². The fourth-order valence-electron chi connectivity index (χ4n) is 2.16. The molecular weight excluding hydrogens is 154 g/mol. The zero-order chi connectivity index (χ0) is 8.44. The summed E-state index contributed by atoms with van der Waals surface area (Å²) >= 11 is 0. The summed E-state index contributed by atoms with van der Waals surface area (Å²) in [7, 11) is 0. The van der Waals surface area contributed by atoms with Gasteiger partial charge in [-0.2, -0.15) is 0 Å². The Balaban J connectivity index is 1.97. The van der Waals surface area contributed by atoms with Gasteiger partial charge in [-0.15, -0.1) is 0 Å². The molecule has 0 aliphatic carbocycles. The fourth-order valence-corrected chi connectivity index (χ4v) is 2.16. The summed E-state index contributed by atoms with van der Waals surface area (Å²) in [4.78, 5) is 0. The Bertz CT molecular complexity index is 149. The Kier molecular flexibility index (Phi) is 2.35. The van der Waals surface area contributed by atoms with Gasteiger partial charge in [-0.25, -0.2) is 0 Å². The van der Waals surface area contributed by atoms with E-state index in [1.807, 2.05) is 0 Å². The fraction of sp³-hybridized carbons (Fsp3) is 1.00. The first-order valence-corrected chi connectivity index (χ1v) is 4.78. The maximum absolute atomic E-state index is 5.92. The average Bonchev–Trinajstić information content (AvgIpc) is 2.05. The van der Waals surface area contributed by atoms with E-state index in [1.165, 1.54) is 0 Å². The quantitative estimate of drug-likeness (QED) is 0.582. The summed E-state index contributed by atoms with van der Waals surface area (Å²) in [5.41, 5.74) is 6.00. The molecule has 0 aromatic carbocycles. The van der Waals surface area contributed by atoms with Crippen molar-refractivity contribution in [1.29, 1.82) is 0 Å². The standard InChI is InChI=1S/C9H17NO2/c10-8-1-4-12-9(7-8)2-5-11-6-3-9/h8H,1-7,10H2. The van der Waals surface area contributed by atoms with Gasteiger partial charge in [-0.1, -0.05) is 0 Å². The first-order chi connectivity index (χ1) is 5.81. The van der Waals surface area contributed by atoms with E-state index in [2.05, 4.69) is 0 Å². The van der Waals surface area contributed by atoms with Crippen LogP contribution in [0, 0.1) is 0 Å². The van der Waals surface area contributed by atoms with Crippen molar-refractivity contribution in [1.82, 2.24) is 0 Å². The molecule has 0 amide bonds. The second-order valence-corrected chi connectivity index (χ2v) is 3.90. The van der Waals surface area contributed by atoms with Crippen LogP contribution in [0.1, 0.15) is 25.7 Å². The van der Waals surface area contributed by atoms with E-state index in [9.17, 15) is 0 Å². The van der Waals surface area contributed by atoms with Crippen molar-refractivity contribution in [2.24, 2.45) is 5.73 Å². The van der Waals surface area contributed by atoms with Gasteiger partial charge in [-0.05, 0) is 25.7 Å². The summed E-state index contributed by atoms with van der Waals surface area (Å²) < 4.78 is 11.1. The highest BCUT2D eigenvalue weighted by Crippen LogP contribution is 2.33. The molecule has 2 N–H and O–H groups in total. The zero-order valence-corrected chi connectivity index (χ0v) is 7.42. The third-order valence-electron chi connectivity index (χ3n) is 2.94. The zero-order valence-electron chi connectivity index (χ0n) is 7.42. The molecule has 3 heteroatoms. The second-order valence-electron chi connectivity index (χ2n) is 3.90. The predicted molar refractivity (Wildman–Crippen MR) is 45.9 cm³/mol. The van der Waals surface area contributed by atoms with Crippen LogP contribution in [0.3, 0.4) is 0 Å². The number of nitrogens with two attached hydrogens (primary N) is 1. The Morgan fingerprint density at radius 1 is 1.17 bits per heavy atom. The molecule has 0 radical (unpaired) electrons. The van der Waals surface area contributed by atoms with E-state index in [4.69, 9.17) is 15.2 Å². The van der Waals surface area contributed by atoms with Crippen LogP contribution in [0.5, 0.6) is 0 Å².